The van der Waals surface area contributed by atoms with Crippen LogP contribution in [0.15, 0.2) is 64.6 Å². The number of nitrogens with one attached hydrogen (secondary N) is 1. The molecule has 11 heteroatoms. The van der Waals surface area contributed by atoms with Crippen LogP contribution in [-0.2, 0) is 19.6 Å². The smallest absolute Gasteiger partial charge is 0.341 e. The Hall–Kier alpha value is -3.15. The molecular formula is C24H23N3O5S3. The largest absolute Gasteiger partial charge is 0.462 e. The molecule has 2 heterocycles. The second-order valence-corrected chi connectivity index (χ2v) is 11.5. The molecule has 0 aliphatic rings. The van der Waals surface area contributed by atoms with Gasteiger partial charge in [-0.3, -0.25) is 4.79 Å². The number of carbonyl (C=O) groups excluding carboxylic acids is 2. The van der Waals surface area contributed by atoms with Gasteiger partial charge in [0.15, 0.2) is 5.16 Å². The molecule has 0 radical (unpaired) electrons. The van der Waals surface area contributed by atoms with E-state index in [1.165, 1.54) is 27.4 Å². The van der Waals surface area contributed by atoms with Crippen LogP contribution in [0, 0.1) is 13.8 Å². The second-order valence-electron chi connectivity index (χ2n) is 7.51. The van der Waals surface area contributed by atoms with Crippen molar-refractivity contribution in [1.82, 2.24) is 8.96 Å². The van der Waals surface area contributed by atoms with E-state index in [2.05, 4.69) is 10.3 Å². The van der Waals surface area contributed by atoms with E-state index < -0.39 is 21.9 Å². The number of thioether (sulfide) groups is 1. The molecule has 2 aromatic carbocycles. The Kier molecular flexibility index (Phi) is 7.29. The minimum absolute atomic E-state index is 0.105. The van der Waals surface area contributed by atoms with Crippen LogP contribution in [0.1, 0.15) is 27.7 Å². The summed E-state index contributed by atoms with van der Waals surface area (Å²) in [6.45, 7) is 5.61. The van der Waals surface area contributed by atoms with Gasteiger partial charge in [0.25, 0.3) is 10.0 Å². The first-order chi connectivity index (χ1) is 16.7. The highest BCUT2D eigenvalue weighted by atomic mass is 32.2. The monoisotopic (exact) mass is 529 g/mol. The van der Waals surface area contributed by atoms with E-state index in [1.54, 1.807) is 56.3 Å². The highest BCUT2D eigenvalue weighted by Gasteiger charge is 2.26. The fourth-order valence-corrected chi connectivity index (χ4v) is 7.06. The Bertz CT molecular complexity index is 1510. The topological polar surface area (TPSA) is 107 Å². The number of aryl methyl sites for hydroxylation is 1. The summed E-state index contributed by atoms with van der Waals surface area (Å²) in [6.07, 6.45) is 0. The minimum Gasteiger partial charge on any atom is -0.462 e. The molecule has 35 heavy (non-hydrogen) atoms. The quantitative estimate of drug-likeness (QED) is 0.257. The fraction of sp³-hybridized carbons (Fsp3) is 0.208. The van der Waals surface area contributed by atoms with E-state index in [-0.39, 0.29) is 22.4 Å². The molecule has 0 aliphatic carbocycles. The van der Waals surface area contributed by atoms with Crippen molar-refractivity contribution in [2.75, 3.05) is 17.7 Å². The zero-order chi connectivity index (χ0) is 25.2. The number of carbonyl (C=O) groups is 2. The van der Waals surface area contributed by atoms with E-state index in [4.69, 9.17) is 4.74 Å². The number of ether oxygens (including phenoxy) is 1. The number of imidazole rings is 1. The SMILES string of the molecule is CCOC(=O)c1c(NC(=O)CSc2nc3ccccc3n2S(=O)(=O)c2ccccc2)sc(C)c1C. The van der Waals surface area contributed by atoms with Crippen molar-refractivity contribution in [3.8, 4) is 0 Å². The number of hydrogen-bond donors (Lipinski definition) is 1. The molecule has 4 rings (SSSR count). The standard InChI is InChI=1S/C24H23N3O5S3/c1-4-32-23(29)21-15(2)16(3)34-22(21)26-20(28)14-33-24-25-18-12-8-9-13-19(18)27(24)35(30,31)17-10-6-5-7-11-17/h5-13H,4,14H2,1-3H3,(H,26,28). The first kappa shape index (κ1) is 25.0. The van der Waals surface area contributed by atoms with Crippen LogP contribution in [0.4, 0.5) is 5.00 Å². The zero-order valence-electron chi connectivity index (χ0n) is 19.3. The molecular weight excluding hydrogens is 506 g/mol. The summed E-state index contributed by atoms with van der Waals surface area (Å²) in [6, 6.07) is 15.0. The van der Waals surface area contributed by atoms with Gasteiger partial charge in [-0.05, 0) is 50.6 Å². The lowest BCUT2D eigenvalue weighted by Gasteiger charge is -2.10. The van der Waals surface area contributed by atoms with Gasteiger partial charge in [0.2, 0.25) is 5.91 Å². The summed E-state index contributed by atoms with van der Waals surface area (Å²) in [5.74, 6) is -0.989. The Morgan fingerprint density at radius 3 is 2.49 bits per heavy atom. The number of esters is 1. The van der Waals surface area contributed by atoms with Crippen molar-refractivity contribution in [2.24, 2.45) is 0 Å². The average Bonchev–Trinajstić information content (AvgIpc) is 3.35. The van der Waals surface area contributed by atoms with Gasteiger partial charge in [0.1, 0.15) is 5.00 Å². The lowest BCUT2D eigenvalue weighted by atomic mass is 10.1. The maximum Gasteiger partial charge on any atom is 0.341 e. The van der Waals surface area contributed by atoms with Gasteiger partial charge < -0.3 is 10.1 Å². The molecule has 182 valence electrons. The lowest BCUT2D eigenvalue weighted by Crippen LogP contribution is -2.18. The van der Waals surface area contributed by atoms with E-state index in [9.17, 15) is 18.0 Å². The maximum absolute atomic E-state index is 13.4. The summed E-state index contributed by atoms with van der Waals surface area (Å²) >= 11 is 2.30. The first-order valence-electron chi connectivity index (χ1n) is 10.7. The van der Waals surface area contributed by atoms with Crippen LogP contribution in [0.3, 0.4) is 0 Å². The Balaban J connectivity index is 1.62. The molecule has 0 atom stereocenters. The number of para-hydroxylation sites is 2. The lowest BCUT2D eigenvalue weighted by molar-refractivity contribution is -0.113. The molecule has 0 aliphatic heterocycles. The van der Waals surface area contributed by atoms with Crippen LogP contribution in [-0.4, -0.2) is 41.6 Å². The Morgan fingerprint density at radius 1 is 1.09 bits per heavy atom. The van der Waals surface area contributed by atoms with Crippen LogP contribution >= 0.6 is 23.1 Å². The van der Waals surface area contributed by atoms with Gasteiger partial charge in [0.05, 0.1) is 33.9 Å². The summed E-state index contributed by atoms with van der Waals surface area (Å²) in [5, 5.41) is 3.36. The molecule has 0 saturated carbocycles. The van der Waals surface area contributed by atoms with E-state index in [1.807, 2.05) is 6.92 Å². The highest BCUT2D eigenvalue weighted by Crippen LogP contribution is 2.34. The third-order valence-corrected chi connectivity index (χ3v) is 9.12. The number of fused-ring (bicyclic) bond motifs is 1. The molecule has 2 aromatic heterocycles. The van der Waals surface area contributed by atoms with Crippen molar-refractivity contribution in [2.45, 2.75) is 30.8 Å². The van der Waals surface area contributed by atoms with Crippen molar-refractivity contribution >= 4 is 61.0 Å². The number of aromatic nitrogens is 2. The highest BCUT2D eigenvalue weighted by molar-refractivity contribution is 8.00. The molecule has 1 N–H and O–H groups in total. The average molecular weight is 530 g/mol. The van der Waals surface area contributed by atoms with Gasteiger partial charge in [-0.15, -0.1) is 11.3 Å². The second kappa shape index (κ2) is 10.2. The third-order valence-electron chi connectivity index (χ3n) is 5.22. The predicted molar refractivity (Wildman–Crippen MR) is 138 cm³/mol. The summed E-state index contributed by atoms with van der Waals surface area (Å²) in [5.41, 5.74) is 2.02. The summed E-state index contributed by atoms with van der Waals surface area (Å²) < 4.78 is 33.2. The van der Waals surface area contributed by atoms with Crippen molar-refractivity contribution in [3.05, 3.63) is 70.6 Å². The zero-order valence-corrected chi connectivity index (χ0v) is 21.7. The van der Waals surface area contributed by atoms with Crippen molar-refractivity contribution < 1.29 is 22.7 Å². The number of hydrogen-bond acceptors (Lipinski definition) is 8. The first-order valence-corrected chi connectivity index (χ1v) is 14.0. The van der Waals surface area contributed by atoms with Crippen LogP contribution < -0.4 is 5.32 Å². The fourth-order valence-electron chi connectivity index (χ4n) is 3.46. The minimum atomic E-state index is -3.94. The summed E-state index contributed by atoms with van der Waals surface area (Å²) in [7, 11) is -3.94. The van der Waals surface area contributed by atoms with Gasteiger partial charge in [-0.2, -0.15) is 0 Å². The van der Waals surface area contributed by atoms with E-state index in [0.29, 0.717) is 21.6 Å². The molecule has 0 unspecified atom stereocenters. The normalized spacial score (nSPS) is 11.5. The van der Waals surface area contributed by atoms with Gasteiger partial charge >= 0.3 is 5.97 Å². The summed E-state index contributed by atoms with van der Waals surface area (Å²) in [4.78, 5) is 30.7. The van der Waals surface area contributed by atoms with E-state index in [0.717, 1.165) is 22.2 Å². The van der Waals surface area contributed by atoms with E-state index >= 15 is 0 Å². The van der Waals surface area contributed by atoms with Gasteiger partial charge in [-0.25, -0.2) is 22.2 Å². The molecule has 0 saturated heterocycles. The number of amides is 1. The van der Waals surface area contributed by atoms with Gasteiger partial charge in [0, 0.05) is 4.88 Å². The number of rotatable bonds is 8. The van der Waals surface area contributed by atoms with Crippen molar-refractivity contribution in [1.29, 1.82) is 0 Å². The molecule has 0 fully saturated rings. The number of nitrogens with zero attached hydrogens (tertiary/aromatic N) is 2. The maximum atomic E-state index is 13.4. The van der Waals surface area contributed by atoms with Crippen LogP contribution in [0.5, 0.6) is 0 Å². The van der Waals surface area contributed by atoms with Crippen molar-refractivity contribution in [3.63, 3.8) is 0 Å². The van der Waals surface area contributed by atoms with Crippen LogP contribution in [0.25, 0.3) is 11.0 Å². The van der Waals surface area contributed by atoms with Crippen LogP contribution in [0.2, 0.25) is 0 Å². The van der Waals surface area contributed by atoms with Gasteiger partial charge in [-0.1, -0.05) is 42.1 Å². The molecule has 0 spiro atoms. The molecule has 0 bridgehead atoms. The number of anilines is 1. The predicted octanol–water partition coefficient (Wildman–Crippen LogP) is 4.86. The third kappa shape index (κ3) is 4.97. The number of thiophene rings is 1. The Morgan fingerprint density at radius 2 is 1.77 bits per heavy atom. The molecule has 8 nitrogen and oxygen atoms in total. The molecule has 4 aromatic rings. The Labute approximate surface area is 211 Å². The number of benzene rings is 2. The molecule has 1 amide bonds.